The van der Waals surface area contributed by atoms with Crippen molar-refractivity contribution in [2.75, 3.05) is 33.4 Å². The molecule has 0 aromatic heterocycles. The molecule has 6 heteroatoms. The summed E-state index contributed by atoms with van der Waals surface area (Å²) in [5.41, 5.74) is 0.525. The van der Waals surface area contributed by atoms with E-state index in [1.807, 2.05) is 13.0 Å². The van der Waals surface area contributed by atoms with Crippen LogP contribution in [0.4, 0.5) is 0 Å². The monoisotopic (exact) mass is 335 g/mol. The van der Waals surface area contributed by atoms with Crippen molar-refractivity contribution in [2.24, 2.45) is 11.8 Å². The van der Waals surface area contributed by atoms with E-state index in [-0.39, 0.29) is 18.4 Å². The number of methoxy groups -OCH3 is 1. The van der Waals surface area contributed by atoms with Gasteiger partial charge in [-0.3, -0.25) is 9.59 Å². The number of hydrogen-bond acceptors (Lipinski definition) is 4. The molecule has 24 heavy (non-hydrogen) atoms. The lowest BCUT2D eigenvalue weighted by atomic mass is 9.90. The van der Waals surface area contributed by atoms with Gasteiger partial charge in [-0.2, -0.15) is 0 Å². The fourth-order valence-corrected chi connectivity index (χ4v) is 2.99. The van der Waals surface area contributed by atoms with Crippen molar-refractivity contribution in [2.45, 2.75) is 19.8 Å². The van der Waals surface area contributed by atoms with Crippen molar-refractivity contribution in [3.8, 4) is 5.75 Å². The van der Waals surface area contributed by atoms with Gasteiger partial charge in [-0.15, -0.1) is 0 Å². The summed E-state index contributed by atoms with van der Waals surface area (Å²) in [7, 11) is 1.64. The highest BCUT2D eigenvalue weighted by atomic mass is 16.5. The Morgan fingerprint density at radius 2 is 2.08 bits per heavy atom. The van der Waals surface area contributed by atoms with Crippen LogP contribution in [0, 0.1) is 11.8 Å². The first-order valence-electron chi connectivity index (χ1n) is 8.25. The summed E-state index contributed by atoms with van der Waals surface area (Å²) in [4.78, 5) is 25.6. The lowest BCUT2D eigenvalue weighted by molar-refractivity contribution is -0.143. The Morgan fingerprint density at radius 3 is 2.79 bits per heavy atom. The second-order valence-electron chi connectivity index (χ2n) is 6.31. The van der Waals surface area contributed by atoms with Crippen LogP contribution < -0.4 is 4.74 Å². The molecule has 1 amide bonds. The van der Waals surface area contributed by atoms with Gasteiger partial charge >= 0.3 is 5.97 Å². The maximum Gasteiger partial charge on any atom is 0.308 e. The fourth-order valence-electron chi connectivity index (χ4n) is 2.99. The Bertz CT molecular complexity index is 574. The smallest absolute Gasteiger partial charge is 0.308 e. The number of rotatable bonds is 7. The summed E-state index contributed by atoms with van der Waals surface area (Å²) in [6, 6.07) is 7.03. The summed E-state index contributed by atoms with van der Waals surface area (Å²) in [6.07, 6.45) is 1.39. The van der Waals surface area contributed by atoms with Crippen LogP contribution >= 0.6 is 0 Å². The summed E-state index contributed by atoms with van der Waals surface area (Å²) in [5, 5.41) is 9.24. The number of likely N-dealkylation sites (tertiary alicyclic amines) is 1. The number of benzene rings is 1. The number of carbonyl (C=O) groups is 2. The molecule has 0 bridgehead atoms. The van der Waals surface area contributed by atoms with E-state index < -0.39 is 11.9 Å². The molecule has 1 fully saturated rings. The summed E-state index contributed by atoms with van der Waals surface area (Å²) in [5.74, 6) is -0.662. The highest BCUT2D eigenvalue weighted by Crippen LogP contribution is 2.24. The van der Waals surface area contributed by atoms with E-state index in [0.717, 1.165) is 6.42 Å². The van der Waals surface area contributed by atoms with Gasteiger partial charge in [0.25, 0.3) is 5.91 Å². The molecule has 2 unspecified atom stereocenters. The number of hydrogen-bond donors (Lipinski definition) is 1. The first-order chi connectivity index (χ1) is 11.5. The minimum Gasteiger partial charge on any atom is -0.493 e. The highest BCUT2D eigenvalue weighted by molar-refractivity contribution is 5.95. The van der Waals surface area contributed by atoms with Crippen molar-refractivity contribution in [3.05, 3.63) is 29.8 Å². The van der Waals surface area contributed by atoms with Crippen molar-refractivity contribution in [3.63, 3.8) is 0 Å². The normalized spacial score (nSPS) is 20.7. The van der Waals surface area contributed by atoms with Crippen LogP contribution in [-0.4, -0.2) is 55.3 Å². The SMILES string of the molecule is COCCCOc1cccc(C(=O)N2CC(C)CC(C(=O)O)C2)c1. The topological polar surface area (TPSA) is 76.1 Å². The summed E-state index contributed by atoms with van der Waals surface area (Å²) in [6.45, 7) is 3.97. The van der Waals surface area contributed by atoms with E-state index in [2.05, 4.69) is 0 Å². The van der Waals surface area contributed by atoms with E-state index in [4.69, 9.17) is 9.47 Å². The number of ether oxygens (including phenoxy) is 2. The van der Waals surface area contributed by atoms with Gasteiger partial charge in [0.15, 0.2) is 0 Å². The zero-order chi connectivity index (χ0) is 17.5. The Kier molecular flexibility index (Phi) is 6.61. The molecule has 1 aromatic carbocycles. The summed E-state index contributed by atoms with van der Waals surface area (Å²) >= 11 is 0. The van der Waals surface area contributed by atoms with Gasteiger partial charge in [0.1, 0.15) is 5.75 Å². The van der Waals surface area contributed by atoms with Gasteiger partial charge in [0, 0.05) is 38.8 Å². The maximum absolute atomic E-state index is 12.7. The number of amides is 1. The van der Waals surface area contributed by atoms with E-state index in [0.29, 0.717) is 37.5 Å². The lowest BCUT2D eigenvalue weighted by Crippen LogP contribution is -2.45. The van der Waals surface area contributed by atoms with Crippen LogP contribution in [0.15, 0.2) is 24.3 Å². The molecular formula is C18H25NO5. The fraction of sp³-hybridized carbons (Fsp3) is 0.556. The summed E-state index contributed by atoms with van der Waals surface area (Å²) < 4.78 is 10.6. The Balaban J connectivity index is 2.02. The molecule has 0 saturated carbocycles. The Hall–Kier alpha value is -2.08. The molecule has 0 spiro atoms. The predicted molar refractivity (Wildman–Crippen MR) is 89.2 cm³/mol. The van der Waals surface area contributed by atoms with Gasteiger partial charge in [0.2, 0.25) is 0 Å². The predicted octanol–water partition coefficient (Wildman–Crippen LogP) is 2.28. The third-order valence-corrected chi connectivity index (χ3v) is 4.14. The van der Waals surface area contributed by atoms with Gasteiger partial charge in [-0.1, -0.05) is 13.0 Å². The number of nitrogens with zero attached hydrogens (tertiary/aromatic N) is 1. The van der Waals surface area contributed by atoms with E-state index in [1.54, 1.807) is 30.2 Å². The van der Waals surface area contributed by atoms with Crippen LogP contribution in [0.5, 0.6) is 5.75 Å². The molecule has 0 aliphatic carbocycles. The Labute approximate surface area is 142 Å². The number of carboxylic acids is 1. The van der Waals surface area contributed by atoms with Crippen molar-refractivity contribution in [1.82, 2.24) is 4.90 Å². The lowest BCUT2D eigenvalue weighted by Gasteiger charge is -2.34. The molecular weight excluding hydrogens is 310 g/mol. The minimum absolute atomic E-state index is 0.143. The molecule has 1 aliphatic rings. The highest BCUT2D eigenvalue weighted by Gasteiger charge is 2.32. The van der Waals surface area contributed by atoms with Gasteiger partial charge in [0.05, 0.1) is 12.5 Å². The van der Waals surface area contributed by atoms with Gasteiger partial charge in [-0.25, -0.2) is 0 Å². The average molecular weight is 335 g/mol. The molecule has 1 N–H and O–H groups in total. The zero-order valence-corrected chi connectivity index (χ0v) is 14.2. The molecule has 2 rings (SSSR count). The molecule has 1 aromatic rings. The largest absolute Gasteiger partial charge is 0.493 e. The van der Waals surface area contributed by atoms with Crippen molar-refractivity contribution >= 4 is 11.9 Å². The Morgan fingerprint density at radius 1 is 1.29 bits per heavy atom. The second-order valence-corrected chi connectivity index (χ2v) is 6.31. The van der Waals surface area contributed by atoms with Crippen molar-refractivity contribution in [1.29, 1.82) is 0 Å². The first kappa shape index (κ1) is 18.3. The molecule has 1 saturated heterocycles. The minimum atomic E-state index is -0.838. The molecule has 132 valence electrons. The quantitative estimate of drug-likeness (QED) is 0.774. The molecule has 2 atom stereocenters. The van der Waals surface area contributed by atoms with Crippen LogP contribution in [0.3, 0.4) is 0 Å². The van der Waals surface area contributed by atoms with Crippen LogP contribution in [0.25, 0.3) is 0 Å². The third kappa shape index (κ3) is 4.96. The molecule has 0 radical (unpaired) electrons. The molecule has 1 heterocycles. The molecule has 1 aliphatic heterocycles. The standard InChI is InChI=1S/C18H25NO5/c1-13-9-15(18(21)22)12-19(11-13)17(20)14-5-3-6-16(10-14)24-8-4-7-23-2/h3,5-6,10,13,15H,4,7-9,11-12H2,1-2H3,(H,21,22). The molecule has 6 nitrogen and oxygen atoms in total. The van der Waals surface area contributed by atoms with Crippen LogP contribution in [0.2, 0.25) is 0 Å². The van der Waals surface area contributed by atoms with E-state index >= 15 is 0 Å². The van der Waals surface area contributed by atoms with Crippen molar-refractivity contribution < 1.29 is 24.2 Å². The van der Waals surface area contributed by atoms with Crippen LogP contribution in [0.1, 0.15) is 30.1 Å². The van der Waals surface area contributed by atoms with Gasteiger partial charge < -0.3 is 19.5 Å². The number of aliphatic carboxylic acids is 1. The number of piperidine rings is 1. The number of carbonyl (C=O) groups excluding carboxylic acids is 1. The number of carboxylic acid groups (broad SMARTS) is 1. The van der Waals surface area contributed by atoms with Crippen LogP contribution in [-0.2, 0) is 9.53 Å². The average Bonchev–Trinajstić information content (AvgIpc) is 2.57. The third-order valence-electron chi connectivity index (χ3n) is 4.14. The first-order valence-corrected chi connectivity index (χ1v) is 8.25. The maximum atomic E-state index is 12.7. The van der Waals surface area contributed by atoms with E-state index in [9.17, 15) is 14.7 Å². The zero-order valence-electron chi connectivity index (χ0n) is 14.2. The second kappa shape index (κ2) is 8.68. The van der Waals surface area contributed by atoms with E-state index in [1.165, 1.54) is 0 Å². The van der Waals surface area contributed by atoms with Gasteiger partial charge in [-0.05, 0) is 30.5 Å².